The standard InChI is InChI=1S/C27H41N6O5P/c1-7-13-37-26(34)27(4,5)12-14-39(35,32-20(3)21-8-10-22(36-6)11-9-21)18-38-19(2)15-33-17-31-23-24(28)29-16-30-25(23)33/h8-11,16-17,19-20H,7,12-15,18H2,1-6H3,(H,32,35)(H2,28,29,30)/t19-,20-,39?/m1/s1. The lowest BCUT2D eigenvalue weighted by atomic mass is 9.90. The minimum atomic E-state index is -3.10. The number of anilines is 1. The number of ether oxygens (including phenoxy) is 3. The van der Waals surface area contributed by atoms with E-state index in [-0.39, 0.29) is 30.6 Å². The molecule has 0 saturated heterocycles. The van der Waals surface area contributed by atoms with Crippen molar-refractivity contribution in [3.8, 4) is 5.75 Å². The van der Waals surface area contributed by atoms with Crippen molar-refractivity contribution in [2.75, 3.05) is 32.0 Å². The fourth-order valence-corrected chi connectivity index (χ4v) is 6.65. The Morgan fingerprint density at radius 2 is 1.90 bits per heavy atom. The van der Waals surface area contributed by atoms with Crippen molar-refractivity contribution in [1.29, 1.82) is 0 Å². The predicted octanol–water partition coefficient (Wildman–Crippen LogP) is 4.78. The summed E-state index contributed by atoms with van der Waals surface area (Å²) in [6.45, 7) is 10.3. The first-order valence-electron chi connectivity index (χ1n) is 13.2. The highest BCUT2D eigenvalue weighted by molar-refractivity contribution is 7.61. The first-order chi connectivity index (χ1) is 18.5. The molecule has 1 aromatic carbocycles. The van der Waals surface area contributed by atoms with E-state index in [0.29, 0.717) is 36.6 Å². The number of nitrogens with zero attached hydrogens (tertiary/aromatic N) is 4. The monoisotopic (exact) mass is 560 g/mol. The van der Waals surface area contributed by atoms with Gasteiger partial charge in [-0.2, -0.15) is 0 Å². The zero-order chi connectivity index (χ0) is 28.6. The van der Waals surface area contributed by atoms with Crippen LogP contribution in [0.3, 0.4) is 0 Å². The zero-order valence-corrected chi connectivity index (χ0v) is 24.6. The minimum absolute atomic E-state index is 0.00149. The molecule has 2 heterocycles. The third-order valence-corrected chi connectivity index (χ3v) is 8.95. The molecule has 1 unspecified atom stereocenters. The summed E-state index contributed by atoms with van der Waals surface area (Å²) in [6.07, 6.45) is 4.14. The Hall–Kier alpha value is -3.01. The quantitative estimate of drug-likeness (QED) is 0.197. The van der Waals surface area contributed by atoms with Crippen LogP contribution in [0.5, 0.6) is 5.75 Å². The van der Waals surface area contributed by atoms with Gasteiger partial charge in [0, 0.05) is 12.2 Å². The highest BCUT2D eigenvalue weighted by Crippen LogP contribution is 2.47. The molecule has 0 radical (unpaired) electrons. The maximum absolute atomic E-state index is 14.3. The van der Waals surface area contributed by atoms with E-state index >= 15 is 0 Å². The van der Waals surface area contributed by atoms with Gasteiger partial charge in [-0.15, -0.1) is 0 Å². The predicted molar refractivity (Wildman–Crippen MR) is 152 cm³/mol. The number of esters is 1. The molecular weight excluding hydrogens is 519 g/mol. The van der Waals surface area contributed by atoms with Gasteiger partial charge in [0.25, 0.3) is 0 Å². The number of carbonyl (C=O) groups excluding carboxylic acids is 1. The molecule has 3 atom stereocenters. The van der Waals surface area contributed by atoms with Crippen LogP contribution >= 0.6 is 7.29 Å². The lowest BCUT2D eigenvalue weighted by Gasteiger charge is -2.29. The zero-order valence-electron chi connectivity index (χ0n) is 23.7. The van der Waals surface area contributed by atoms with Gasteiger partial charge in [-0.25, -0.2) is 15.0 Å². The molecule has 3 aromatic rings. The number of benzene rings is 1. The van der Waals surface area contributed by atoms with E-state index in [0.717, 1.165) is 17.7 Å². The Morgan fingerprint density at radius 1 is 1.18 bits per heavy atom. The Bertz CT molecular complexity index is 1280. The van der Waals surface area contributed by atoms with Gasteiger partial charge in [-0.05, 0) is 58.2 Å². The SMILES string of the molecule is CCCOC(=O)C(C)(C)CCP(=O)(CO[C@H](C)Cn1cnc2c(N)ncnc21)N[C@H](C)c1ccc(OC)cc1. The summed E-state index contributed by atoms with van der Waals surface area (Å²) in [7, 11) is -1.49. The van der Waals surface area contributed by atoms with Gasteiger partial charge >= 0.3 is 5.97 Å². The number of aromatic nitrogens is 4. The Labute approximate surface area is 230 Å². The second-order valence-corrected chi connectivity index (χ2v) is 13.2. The normalized spacial score (nSPS) is 15.0. The van der Waals surface area contributed by atoms with Gasteiger partial charge in [0.1, 0.15) is 23.9 Å². The fourth-order valence-electron chi connectivity index (χ4n) is 4.05. The molecule has 0 aliphatic heterocycles. The first-order valence-corrected chi connectivity index (χ1v) is 15.3. The van der Waals surface area contributed by atoms with Crippen LogP contribution in [-0.4, -0.2) is 57.8 Å². The van der Waals surface area contributed by atoms with Crippen LogP contribution in [0.2, 0.25) is 0 Å². The van der Waals surface area contributed by atoms with Crippen molar-refractivity contribution in [2.24, 2.45) is 5.41 Å². The first kappa shape index (κ1) is 30.5. The van der Waals surface area contributed by atoms with Crippen molar-refractivity contribution in [3.05, 3.63) is 42.5 Å². The molecule has 0 amide bonds. The van der Waals surface area contributed by atoms with E-state index in [9.17, 15) is 9.36 Å². The highest BCUT2D eigenvalue weighted by Gasteiger charge is 2.34. The molecule has 0 saturated carbocycles. The van der Waals surface area contributed by atoms with Crippen LogP contribution in [0.1, 0.15) is 59.1 Å². The number of imidazole rings is 1. The molecule has 11 nitrogen and oxygen atoms in total. The largest absolute Gasteiger partial charge is 0.497 e. The van der Waals surface area contributed by atoms with Crippen molar-refractivity contribution in [1.82, 2.24) is 24.6 Å². The lowest BCUT2D eigenvalue weighted by Crippen LogP contribution is -2.30. The molecule has 39 heavy (non-hydrogen) atoms. The van der Waals surface area contributed by atoms with Crippen LogP contribution in [0, 0.1) is 5.41 Å². The van der Waals surface area contributed by atoms with Crippen LogP contribution in [0.25, 0.3) is 11.2 Å². The Kier molecular flexibility index (Phi) is 10.5. The third-order valence-electron chi connectivity index (χ3n) is 6.58. The Morgan fingerprint density at radius 3 is 2.56 bits per heavy atom. The molecule has 0 aliphatic rings. The average molecular weight is 561 g/mol. The number of rotatable bonds is 15. The van der Waals surface area contributed by atoms with Gasteiger partial charge in [0.2, 0.25) is 0 Å². The number of fused-ring (bicyclic) bond motifs is 1. The summed E-state index contributed by atoms with van der Waals surface area (Å²) < 4.78 is 32.9. The molecule has 214 valence electrons. The molecular formula is C27H41N6O5P. The van der Waals surface area contributed by atoms with Crippen molar-refractivity contribution < 1.29 is 23.6 Å². The maximum Gasteiger partial charge on any atom is 0.311 e. The molecule has 2 aromatic heterocycles. The Balaban J connectivity index is 1.72. The summed E-state index contributed by atoms with van der Waals surface area (Å²) in [4.78, 5) is 25.2. The van der Waals surface area contributed by atoms with Gasteiger partial charge in [-0.1, -0.05) is 19.1 Å². The highest BCUT2D eigenvalue weighted by atomic mass is 31.2. The molecule has 12 heteroatoms. The molecule has 0 fully saturated rings. The van der Waals surface area contributed by atoms with Crippen LogP contribution in [-0.2, 0) is 25.4 Å². The van der Waals surface area contributed by atoms with Crippen LogP contribution in [0.15, 0.2) is 36.9 Å². The molecule has 3 N–H and O–H groups in total. The summed E-state index contributed by atoms with van der Waals surface area (Å²) >= 11 is 0. The van der Waals surface area contributed by atoms with E-state index in [1.54, 1.807) is 13.4 Å². The van der Waals surface area contributed by atoms with Crippen LogP contribution in [0.4, 0.5) is 5.82 Å². The molecule has 0 bridgehead atoms. The summed E-state index contributed by atoms with van der Waals surface area (Å²) in [5.74, 6) is 0.771. The van der Waals surface area contributed by atoms with Gasteiger partial charge in [0.15, 0.2) is 18.8 Å². The summed E-state index contributed by atoms with van der Waals surface area (Å²) in [6, 6.07) is 7.40. The van der Waals surface area contributed by atoms with Crippen molar-refractivity contribution >= 4 is 30.2 Å². The fraction of sp³-hybridized carbons (Fsp3) is 0.556. The molecule has 3 rings (SSSR count). The second-order valence-electron chi connectivity index (χ2n) is 10.4. The van der Waals surface area contributed by atoms with E-state index in [4.69, 9.17) is 19.9 Å². The van der Waals surface area contributed by atoms with Gasteiger partial charge in [-0.3, -0.25) is 9.88 Å². The lowest BCUT2D eigenvalue weighted by molar-refractivity contribution is -0.154. The molecule has 0 spiro atoms. The number of nitrogens with two attached hydrogens (primary N) is 1. The van der Waals surface area contributed by atoms with Crippen LogP contribution < -0.4 is 15.6 Å². The second kappa shape index (κ2) is 13.4. The van der Waals surface area contributed by atoms with Gasteiger partial charge in [0.05, 0.1) is 38.1 Å². The summed E-state index contributed by atoms with van der Waals surface area (Å²) in [5, 5.41) is 3.33. The smallest absolute Gasteiger partial charge is 0.311 e. The number of nitrogens with one attached hydrogen (secondary N) is 1. The topological polar surface area (TPSA) is 143 Å². The summed E-state index contributed by atoms with van der Waals surface area (Å²) in [5.41, 5.74) is 7.23. The van der Waals surface area contributed by atoms with Crippen molar-refractivity contribution in [3.63, 3.8) is 0 Å². The van der Waals surface area contributed by atoms with E-state index in [1.807, 2.05) is 63.5 Å². The average Bonchev–Trinajstić information content (AvgIpc) is 3.33. The van der Waals surface area contributed by atoms with E-state index in [1.165, 1.54) is 6.33 Å². The maximum atomic E-state index is 14.3. The van der Waals surface area contributed by atoms with Crippen molar-refractivity contribution in [2.45, 2.75) is 66.2 Å². The number of hydrogen-bond acceptors (Lipinski definition) is 9. The molecule has 0 aliphatic carbocycles. The number of carbonyl (C=O) groups is 1. The third kappa shape index (κ3) is 8.24. The minimum Gasteiger partial charge on any atom is -0.497 e. The number of hydrogen-bond donors (Lipinski definition) is 2. The van der Waals surface area contributed by atoms with E-state index < -0.39 is 12.7 Å². The number of methoxy groups -OCH3 is 1. The van der Waals surface area contributed by atoms with Gasteiger partial charge < -0.3 is 29.1 Å². The number of nitrogen functional groups attached to an aromatic ring is 1. The van der Waals surface area contributed by atoms with E-state index in [2.05, 4.69) is 20.0 Å².